The Hall–Kier alpha value is -1.08. The maximum atomic E-state index is 13.0. The zero-order valence-electron chi connectivity index (χ0n) is 10.1. The van der Waals surface area contributed by atoms with Crippen LogP contribution in [0, 0.1) is 0 Å². The summed E-state index contributed by atoms with van der Waals surface area (Å²) in [6, 6.07) is 0. The smallest absolute Gasteiger partial charge is 0.383 e. The summed E-state index contributed by atoms with van der Waals surface area (Å²) in [6.07, 6.45) is -1.19. The summed E-state index contributed by atoms with van der Waals surface area (Å²) in [6.45, 7) is 1.49. The zero-order valence-corrected chi connectivity index (χ0v) is 10.1. The van der Waals surface area contributed by atoms with Gasteiger partial charge in [0.05, 0.1) is 18.6 Å². The summed E-state index contributed by atoms with van der Waals surface area (Å²) >= 11 is 0. The highest BCUT2D eigenvalue weighted by Crippen LogP contribution is 2.55. The molecular weight excluding hydrogens is 247 g/mol. The van der Waals surface area contributed by atoms with Crippen molar-refractivity contribution in [3.8, 4) is 0 Å². The van der Waals surface area contributed by atoms with Crippen molar-refractivity contribution >= 4 is 0 Å². The second-order valence-electron chi connectivity index (χ2n) is 4.45. The number of nitrogens with zero attached hydrogens (tertiary/aromatic N) is 2. The number of hydrogen-bond acceptors (Lipinski definition) is 3. The maximum absolute atomic E-state index is 13.0. The van der Waals surface area contributed by atoms with Crippen LogP contribution in [0.2, 0.25) is 0 Å². The van der Waals surface area contributed by atoms with Gasteiger partial charge in [-0.1, -0.05) is 0 Å². The number of methoxy groups -OCH3 is 1. The number of hydrogen-bond donors (Lipinski definition) is 1. The third kappa shape index (κ3) is 2.37. The molecule has 102 valence electrons. The Morgan fingerprint density at radius 2 is 2.22 bits per heavy atom. The Balaban J connectivity index is 2.04. The first-order valence-electron chi connectivity index (χ1n) is 5.79. The van der Waals surface area contributed by atoms with Crippen LogP contribution in [0.4, 0.5) is 13.2 Å². The Bertz CT molecular complexity index is 398. The molecule has 7 heteroatoms. The van der Waals surface area contributed by atoms with Crippen molar-refractivity contribution in [1.82, 2.24) is 14.9 Å². The molecule has 0 aromatic carbocycles. The highest BCUT2D eigenvalue weighted by molar-refractivity contribution is 5.13. The summed E-state index contributed by atoms with van der Waals surface area (Å²) in [4.78, 5) is 3.83. The van der Waals surface area contributed by atoms with Crippen LogP contribution in [-0.2, 0) is 16.8 Å². The molecule has 0 atom stereocenters. The topological polar surface area (TPSA) is 39.1 Å². The minimum absolute atomic E-state index is 0.137. The van der Waals surface area contributed by atoms with Crippen LogP contribution in [0.1, 0.15) is 18.5 Å². The fourth-order valence-electron chi connectivity index (χ4n) is 2.01. The lowest BCUT2D eigenvalue weighted by Gasteiger charge is -2.23. The van der Waals surface area contributed by atoms with Gasteiger partial charge in [0, 0.05) is 26.4 Å². The molecular formula is C11H16F3N3O. The number of halogens is 3. The molecule has 2 rings (SSSR count). The summed E-state index contributed by atoms with van der Waals surface area (Å²) in [5.74, 6) is 0. The first kappa shape index (κ1) is 13.4. The molecule has 1 aromatic rings. The van der Waals surface area contributed by atoms with E-state index in [-0.39, 0.29) is 12.8 Å². The third-order valence-electron chi connectivity index (χ3n) is 3.22. The van der Waals surface area contributed by atoms with Crippen LogP contribution in [0.5, 0.6) is 0 Å². The van der Waals surface area contributed by atoms with E-state index >= 15 is 0 Å². The monoisotopic (exact) mass is 263 g/mol. The van der Waals surface area contributed by atoms with E-state index in [9.17, 15) is 13.2 Å². The van der Waals surface area contributed by atoms with Crippen LogP contribution in [0.3, 0.4) is 0 Å². The molecule has 18 heavy (non-hydrogen) atoms. The van der Waals surface area contributed by atoms with E-state index in [0.29, 0.717) is 25.4 Å². The predicted molar refractivity (Wildman–Crippen MR) is 59.1 cm³/mol. The van der Waals surface area contributed by atoms with Crippen LogP contribution < -0.4 is 5.32 Å². The van der Waals surface area contributed by atoms with Gasteiger partial charge in [0.2, 0.25) is 0 Å². The molecule has 1 heterocycles. The molecule has 1 aliphatic rings. The summed E-state index contributed by atoms with van der Waals surface area (Å²) in [5.41, 5.74) is -1.16. The number of alkyl halides is 3. The van der Waals surface area contributed by atoms with E-state index in [2.05, 4.69) is 10.3 Å². The van der Waals surface area contributed by atoms with Crippen molar-refractivity contribution in [2.75, 3.05) is 20.3 Å². The fourth-order valence-corrected chi connectivity index (χ4v) is 2.01. The largest absolute Gasteiger partial charge is 0.411 e. The number of aromatic nitrogens is 2. The van der Waals surface area contributed by atoms with Gasteiger partial charge in [0.25, 0.3) is 0 Å². The maximum Gasteiger partial charge on any atom is 0.411 e. The molecule has 0 spiro atoms. The molecule has 4 nitrogen and oxygen atoms in total. The first-order chi connectivity index (χ1) is 8.51. The summed E-state index contributed by atoms with van der Waals surface area (Å²) in [7, 11) is 1.58. The molecule has 0 bridgehead atoms. The zero-order chi connectivity index (χ0) is 13.2. The first-order valence-corrected chi connectivity index (χ1v) is 5.79. The minimum atomic E-state index is -4.21. The molecule has 1 aliphatic carbocycles. The minimum Gasteiger partial charge on any atom is -0.383 e. The Labute approximate surface area is 103 Å². The van der Waals surface area contributed by atoms with Crippen molar-refractivity contribution < 1.29 is 17.9 Å². The Morgan fingerprint density at radius 3 is 2.78 bits per heavy atom. The van der Waals surface area contributed by atoms with Gasteiger partial charge in [-0.3, -0.25) is 0 Å². The van der Waals surface area contributed by atoms with Gasteiger partial charge in [-0.2, -0.15) is 13.2 Å². The molecule has 1 aromatic heterocycles. The lowest BCUT2D eigenvalue weighted by atomic mass is 10.2. The predicted octanol–water partition coefficient (Wildman–Crippen LogP) is 1.67. The highest BCUT2D eigenvalue weighted by atomic mass is 19.4. The molecule has 0 amide bonds. The van der Waals surface area contributed by atoms with Crippen molar-refractivity contribution in [3.05, 3.63) is 18.2 Å². The van der Waals surface area contributed by atoms with E-state index in [1.54, 1.807) is 7.11 Å². The fraction of sp³-hybridized carbons (Fsp3) is 0.727. The van der Waals surface area contributed by atoms with Gasteiger partial charge < -0.3 is 14.6 Å². The van der Waals surface area contributed by atoms with Gasteiger partial charge in [-0.25, -0.2) is 4.98 Å². The number of imidazole rings is 1. The standard InChI is InChI=1S/C11H16F3N3O/c1-18-5-4-15-6-9-7-16-8-17(9)10(2-3-10)11(12,13)14/h7-8,15H,2-6H2,1H3. The molecule has 0 saturated heterocycles. The summed E-state index contributed by atoms with van der Waals surface area (Å²) < 4.78 is 45.1. The van der Waals surface area contributed by atoms with Gasteiger partial charge in [0.1, 0.15) is 5.54 Å². The van der Waals surface area contributed by atoms with Crippen molar-refractivity contribution in [1.29, 1.82) is 0 Å². The van der Waals surface area contributed by atoms with Crippen molar-refractivity contribution in [2.24, 2.45) is 0 Å². The van der Waals surface area contributed by atoms with Crippen LogP contribution >= 0.6 is 0 Å². The van der Waals surface area contributed by atoms with Gasteiger partial charge >= 0.3 is 6.18 Å². The van der Waals surface area contributed by atoms with Crippen molar-refractivity contribution in [3.63, 3.8) is 0 Å². The third-order valence-corrected chi connectivity index (χ3v) is 3.22. The highest BCUT2D eigenvalue weighted by Gasteiger charge is 2.65. The molecule has 1 saturated carbocycles. The van der Waals surface area contributed by atoms with Crippen LogP contribution in [0.15, 0.2) is 12.5 Å². The lowest BCUT2D eigenvalue weighted by molar-refractivity contribution is -0.180. The van der Waals surface area contributed by atoms with Crippen LogP contribution in [0.25, 0.3) is 0 Å². The average molecular weight is 263 g/mol. The normalized spacial score (nSPS) is 18.0. The quantitative estimate of drug-likeness (QED) is 0.794. The van der Waals surface area contributed by atoms with Gasteiger partial charge in [0.15, 0.2) is 0 Å². The van der Waals surface area contributed by atoms with E-state index < -0.39 is 11.7 Å². The average Bonchev–Trinajstić information content (AvgIpc) is 2.99. The molecule has 0 aliphatic heterocycles. The van der Waals surface area contributed by atoms with E-state index in [1.165, 1.54) is 17.1 Å². The number of rotatable bonds is 6. The van der Waals surface area contributed by atoms with E-state index in [1.807, 2.05) is 0 Å². The Morgan fingerprint density at radius 1 is 1.50 bits per heavy atom. The van der Waals surface area contributed by atoms with Gasteiger partial charge in [-0.15, -0.1) is 0 Å². The molecule has 1 fully saturated rings. The molecule has 0 radical (unpaired) electrons. The lowest BCUT2D eigenvalue weighted by Crippen LogP contribution is -2.36. The van der Waals surface area contributed by atoms with Gasteiger partial charge in [-0.05, 0) is 12.8 Å². The number of nitrogens with one attached hydrogen (secondary N) is 1. The van der Waals surface area contributed by atoms with Crippen molar-refractivity contribution in [2.45, 2.75) is 31.1 Å². The van der Waals surface area contributed by atoms with Crippen LogP contribution in [-0.4, -0.2) is 36.0 Å². The molecule has 0 unspecified atom stereocenters. The SMILES string of the molecule is COCCNCc1cncn1C1(C(F)(F)F)CC1. The Kier molecular flexibility index (Phi) is 3.63. The summed E-state index contributed by atoms with van der Waals surface area (Å²) in [5, 5.41) is 3.03. The molecule has 1 N–H and O–H groups in total. The van der Waals surface area contributed by atoms with E-state index in [4.69, 9.17) is 4.74 Å². The number of ether oxygens (including phenoxy) is 1. The second-order valence-corrected chi connectivity index (χ2v) is 4.45. The second kappa shape index (κ2) is 4.89. The van der Waals surface area contributed by atoms with E-state index in [0.717, 1.165) is 0 Å².